The van der Waals surface area contributed by atoms with Gasteiger partial charge in [0.15, 0.2) is 12.4 Å². The second-order valence-corrected chi connectivity index (χ2v) is 8.98. The molecular weight excluding hydrogens is 435 g/mol. The minimum atomic E-state index is -0.838. The molecule has 3 aliphatic carbocycles. The number of benzene rings is 2. The molecule has 3 aliphatic rings. The summed E-state index contributed by atoms with van der Waals surface area (Å²) in [5.41, 5.74) is 0.0508. The van der Waals surface area contributed by atoms with E-state index < -0.39 is 17.3 Å². The highest BCUT2D eigenvalue weighted by atomic mass is 35.5. The Labute approximate surface area is 191 Å². The average molecular weight is 461 g/mol. The molecule has 0 aromatic heterocycles. The number of amides is 1. The van der Waals surface area contributed by atoms with Crippen LogP contribution in [-0.4, -0.2) is 36.5 Å². The molecule has 1 amide bonds. The molecule has 0 radical (unpaired) electrons. The van der Waals surface area contributed by atoms with Gasteiger partial charge in [0.1, 0.15) is 17.3 Å². The van der Waals surface area contributed by atoms with Crippen molar-refractivity contribution in [3.8, 4) is 11.5 Å². The minimum absolute atomic E-state index is 0.0141. The fourth-order valence-electron chi connectivity index (χ4n) is 4.57. The van der Waals surface area contributed by atoms with E-state index in [-0.39, 0.29) is 28.7 Å². The maximum atomic E-state index is 13.5. The largest absolute Gasteiger partial charge is 0.497 e. The zero-order chi connectivity index (χ0) is 22.8. The molecule has 0 aliphatic heterocycles. The van der Waals surface area contributed by atoms with Crippen LogP contribution in [0.25, 0.3) is 0 Å². The number of rotatable bonds is 8. The molecule has 2 aromatic carbocycles. The number of nitrogens with one attached hydrogen (secondary N) is 2. The van der Waals surface area contributed by atoms with Gasteiger partial charge in [-0.05, 0) is 55.5 Å². The Kier molecular flexibility index (Phi) is 6.40. The van der Waals surface area contributed by atoms with E-state index in [1.807, 2.05) is 24.3 Å². The Balaban J connectivity index is 1.31. The number of hydrogen-bond acceptors (Lipinski definition) is 5. The summed E-state index contributed by atoms with van der Waals surface area (Å²) in [6.45, 7) is 0.374. The molecule has 2 N–H and O–H groups in total. The summed E-state index contributed by atoms with van der Waals surface area (Å²) < 4.78 is 24.1. The molecule has 170 valence electrons. The molecule has 0 saturated heterocycles. The molecule has 6 nitrogen and oxygen atoms in total. The fraction of sp³-hybridized carbons (Fsp3) is 0.417. The third-order valence-electron chi connectivity index (χ3n) is 6.56. The van der Waals surface area contributed by atoms with E-state index in [0.29, 0.717) is 25.8 Å². The maximum Gasteiger partial charge on any atom is 0.258 e. The highest BCUT2D eigenvalue weighted by molar-refractivity contribution is 6.30. The second-order valence-electron chi connectivity index (χ2n) is 8.58. The Morgan fingerprint density at radius 1 is 1.09 bits per heavy atom. The number of carbonyl (C=O) groups excluding carboxylic acids is 2. The smallest absolute Gasteiger partial charge is 0.258 e. The van der Waals surface area contributed by atoms with Crippen LogP contribution in [-0.2, 0) is 16.1 Å². The average Bonchev–Trinajstić information content (AvgIpc) is 2.80. The van der Waals surface area contributed by atoms with Crippen LogP contribution in [0.2, 0.25) is 5.02 Å². The molecule has 32 heavy (non-hydrogen) atoms. The van der Waals surface area contributed by atoms with Crippen LogP contribution in [0, 0.1) is 5.82 Å². The van der Waals surface area contributed by atoms with E-state index in [1.165, 1.54) is 12.1 Å². The molecule has 0 spiro atoms. The Hall–Kier alpha value is -2.64. The lowest BCUT2D eigenvalue weighted by Gasteiger charge is -2.52. The first kappa shape index (κ1) is 22.6. The van der Waals surface area contributed by atoms with Crippen molar-refractivity contribution in [2.75, 3.05) is 13.7 Å². The summed E-state index contributed by atoms with van der Waals surface area (Å²) in [6, 6.07) is 11.8. The summed E-state index contributed by atoms with van der Waals surface area (Å²) in [5.74, 6) is 0.0526. The van der Waals surface area contributed by atoms with Crippen molar-refractivity contribution in [2.24, 2.45) is 0 Å². The topological polar surface area (TPSA) is 76.7 Å². The Morgan fingerprint density at radius 2 is 1.78 bits per heavy atom. The lowest BCUT2D eigenvalue weighted by molar-refractivity contribution is -0.141. The van der Waals surface area contributed by atoms with Crippen LogP contribution >= 0.6 is 11.6 Å². The van der Waals surface area contributed by atoms with Gasteiger partial charge in [-0.25, -0.2) is 4.39 Å². The maximum absolute atomic E-state index is 13.5. The summed E-state index contributed by atoms with van der Waals surface area (Å²) in [7, 11) is 1.64. The van der Waals surface area contributed by atoms with Crippen LogP contribution in [0.1, 0.15) is 37.7 Å². The van der Waals surface area contributed by atoms with Crippen molar-refractivity contribution in [3.05, 3.63) is 58.9 Å². The first-order chi connectivity index (χ1) is 15.3. The van der Waals surface area contributed by atoms with E-state index in [1.54, 1.807) is 7.11 Å². The van der Waals surface area contributed by atoms with Crippen LogP contribution in [0.3, 0.4) is 0 Å². The highest BCUT2D eigenvalue weighted by Crippen LogP contribution is 2.45. The van der Waals surface area contributed by atoms with Crippen LogP contribution in [0.15, 0.2) is 42.5 Å². The molecule has 2 bridgehead atoms. The van der Waals surface area contributed by atoms with E-state index in [4.69, 9.17) is 21.1 Å². The molecule has 3 fully saturated rings. The number of Topliss-reactive ketones (excluding diaryl/α,β-unsaturated/α-hetero) is 1. The standard InChI is InChI=1S/C24H26ClFN2O4/c1-31-17-4-2-16(3-5-17)14-27-23-8-10-24(11-9-23,21(29)13-23)28-22(30)15-32-18-6-7-19(25)20(26)12-18/h2-7,12,27H,8-11,13-15H2,1H3,(H,28,30). The predicted octanol–water partition coefficient (Wildman–Crippen LogP) is 3.80. The zero-order valence-electron chi connectivity index (χ0n) is 17.9. The predicted molar refractivity (Wildman–Crippen MR) is 118 cm³/mol. The number of fused-ring (bicyclic) bond motifs is 3. The monoisotopic (exact) mass is 460 g/mol. The SMILES string of the molecule is COc1ccc(CNC23CCC(NC(=O)COc4ccc(Cl)c(F)c4)(CC2)C(=O)C3)cc1. The number of ether oxygens (including phenoxy) is 2. The van der Waals surface area contributed by atoms with Gasteiger partial charge in [0.05, 0.1) is 17.7 Å². The van der Waals surface area contributed by atoms with E-state index >= 15 is 0 Å². The van der Waals surface area contributed by atoms with Crippen molar-refractivity contribution in [1.82, 2.24) is 10.6 Å². The van der Waals surface area contributed by atoms with Crippen molar-refractivity contribution in [3.63, 3.8) is 0 Å². The van der Waals surface area contributed by atoms with Crippen molar-refractivity contribution in [2.45, 2.75) is 49.7 Å². The van der Waals surface area contributed by atoms with E-state index in [0.717, 1.165) is 30.2 Å². The van der Waals surface area contributed by atoms with Crippen LogP contribution in [0.5, 0.6) is 11.5 Å². The second kappa shape index (κ2) is 9.08. The minimum Gasteiger partial charge on any atom is -0.497 e. The van der Waals surface area contributed by atoms with Crippen LogP contribution in [0.4, 0.5) is 4.39 Å². The summed E-state index contributed by atoms with van der Waals surface area (Å²) >= 11 is 5.65. The number of carbonyl (C=O) groups is 2. The molecule has 0 unspecified atom stereocenters. The third kappa shape index (κ3) is 4.74. The summed E-state index contributed by atoms with van der Waals surface area (Å²) in [5, 5.41) is 6.47. The summed E-state index contributed by atoms with van der Waals surface area (Å²) in [6.07, 6.45) is 3.16. The molecule has 3 saturated carbocycles. The Morgan fingerprint density at radius 3 is 2.41 bits per heavy atom. The van der Waals surface area contributed by atoms with Gasteiger partial charge >= 0.3 is 0 Å². The lowest BCUT2D eigenvalue weighted by atomic mass is 9.60. The first-order valence-corrected chi connectivity index (χ1v) is 11.0. The molecule has 0 atom stereocenters. The fourth-order valence-corrected chi connectivity index (χ4v) is 4.69. The van der Waals surface area contributed by atoms with Gasteiger partial charge in [-0.2, -0.15) is 0 Å². The normalized spacial score (nSPS) is 24.3. The zero-order valence-corrected chi connectivity index (χ0v) is 18.6. The first-order valence-electron chi connectivity index (χ1n) is 10.6. The van der Waals surface area contributed by atoms with Crippen LogP contribution < -0.4 is 20.1 Å². The van der Waals surface area contributed by atoms with Crippen molar-refractivity contribution < 1.29 is 23.5 Å². The highest BCUT2D eigenvalue weighted by Gasteiger charge is 2.54. The quantitative estimate of drug-likeness (QED) is 0.626. The number of ketones is 1. The van der Waals surface area contributed by atoms with Gasteiger partial charge in [0, 0.05) is 24.6 Å². The van der Waals surface area contributed by atoms with Gasteiger partial charge in [-0.1, -0.05) is 23.7 Å². The van der Waals surface area contributed by atoms with Gasteiger partial charge in [0.2, 0.25) is 0 Å². The third-order valence-corrected chi connectivity index (χ3v) is 6.87. The van der Waals surface area contributed by atoms with Gasteiger partial charge in [-0.15, -0.1) is 0 Å². The molecule has 5 rings (SSSR count). The van der Waals surface area contributed by atoms with Gasteiger partial charge in [-0.3, -0.25) is 9.59 Å². The van der Waals surface area contributed by atoms with Crippen molar-refractivity contribution in [1.29, 1.82) is 0 Å². The van der Waals surface area contributed by atoms with E-state index in [9.17, 15) is 14.0 Å². The molecule has 8 heteroatoms. The lowest BCUT2D eigenvalue weighted by Crippen LogP contribution is -2.68. The van der Waals surface area contributed by atoms with E-state index in [2.05, 4.69) is 10.6 Å². The van der Waals surface area contributed by atoms with Gasteiger partial charge < -0.3 is 20.1 Å². The Bertz CT molecular complexity index is 1000. The van der Waals surface area contributed by atoms with Gasteiger partial charge in [0.25, 0.3) is 5.91 Å². The molecular formula is C24H26ClFN2O4. The molecule has 2 aromatic rings. The number of hydrogen-bond donors (Lipinski definition) is 2. The number of methoxy groups -OCH3 is 1. The number of halogens is 2. The summed E-state index contributed by atoms with van der Waals surface area (Å²) in [4.78, 5) is 25.5. The van der Waals surface area contributed by atoms with Crippen molar-refractivity contribution >= 4 is 23.3 Å². The molecule has 0 heterocycles.